The highest BCUT2D eigenvalue weighted by molar-refractivity contribution is 5.67. The normalized spacial score (nSPS) is 10.2. The van der Waals surface area contributed by atoms with Crippen molar-refractivity contribution in [2.75, 3.05) is 20.1 Å². The van der Waals surface area contributed by atoms with Gasteiger partial charge in [0.25, 0.3) is 0 Å². The van der Waals surface area contributed by atoms with E-state index >= 15 is 0 Å². The third kappa shape index (κ3) is 6.18. The zero-order chi connectivity index (χ0) is 11.2. The highest BCUT2D eigenvalue weighted by Crippen LogP contribution is 2.08. The fourth-order valence-corrected chi connectivity index (χ4v) is 0.727. The first-order valence-corrected chi connectivity index (χ1v) is 4.49. The van der Waals surface area contributed by atoms with Gasteiger partial charge in [0, 0.05) is 26.2 Å². The summed E-state index contributed by atoms with van der Waals surface area (Å²) in [7, 11) is 1.67. The number of carbonyl (C=O) groups excluding carboxylic acids is 1. The van der Waals surface area contributed by atoms with Gasteiger partial charge in [-0.25, -0.2) is 4.79 Å². The van der Waals surface area contributed by atoms with Crippen LogP contribution in [-0.2, 0) is 4.74 Å². The molecule has 4 heteroatoms. The van der Waals surface area contributed by atoms with Crippen molar-refractivity contribution < 1.29 is 9.53 Å². The predicted molar refractivity (Wildman–Crippen MR) is 55.7 cm³/mol. The standard InChI is InChI=1S/C10H18N2O2/c1-6-11-7-8-12(5)9(13)14-10(2,3)4/h1,11H,7-8H2,2-5H3. The van der Waals surface area contributed by atoms with Crippen molar-refractivity contribution in [1.82, 2.24) is 10.2 Å². The predicted octanol–water partition coefficient (Wildman–Crippen LogP) is 1.03. The van der Waals surface area contributed by atoms with Gasteiger partial charge in [-0.3, -0.25) is 0 Å². The van der Waals surface area contributed by atoms with Gasteiger partial charge in [-0.1, -0.05) is 6.42 Å². The maximum absolute atomic E-state index is 11.4. The molecule has 4 nitrogen and oxygen atoms in total. The monoisotopic (exact) mass is 198 g/mol. The summed E-state index contributed by atoms with van der Waals surface area (Å²) in [6.45, 7) is 6.58. The van der Waals surface area contributed by atoms with Gasteiger partial charge in [0.1, 0.15) is 5.60 Å². The van der Waals surface area contributed by atoms with Crippen LogP contribution in [0.3, 0.4) is 0 Å². The van der Waals surface area contributed by atoms with E-state index in [0.29, 0.717) is 13.1 Å². The first kappa shape index (κ1) is 12.6. The molecule has 0 saturated carbocycles. The van der Waals surface area contributed by atoms with Crippen LogP contribution in [0.5, 0.6) is 0 Å². The maximum atomic E-state index is 11.4. The summed E-state index contributed by atoms with van der Waals surface area (Å²) >= 11 is 0. The van der Waals surface area contributed by atoms with E-state index in [1.54, 1.807) is 7.05 Å². The third-order valence-corrected chi connectivity index (χ3v) is 1.38. The summed E-state index contributed by atoms with van der Waals surface area (Å²) in [5.41, 5.74) is -0.453. The third-order valence-electron chi connectivity index (χ3n) is 1.38. The molecule has 0 aromatic rings. The first-order chi connectivity index (χ1) is 6.37. The Balaban J connectivity index is 3.84. The van der Waals surface area contributed by atoms with E-state index in [-0.39, 0.29) is 6.09 Å². The molecule has 0 aliphatic rings. The molecule has 0 atom stereocenters. The molecule has 0 fully saturated rings. The van der Waals surface area contributed by atoms with Gasteiger partial charge in [-0.05, 0) is 20.8 Å². The minimum absolute atomic E-state index is 0.337. The van der Waals surface area contributed by atoms with E-state index in [0.717, 1.165) is 0 Å². The number of likely N-dealkylation sites (N-methyl/N-ethyl adjacent to an activating group) is 1. The topological polar surface area (TPSA) is 41.6 Å². The molecular weight excluding hydrogens is 180 g/mol. The molecule has 0 unspecified atom stereocenters. The summed E-state index contributed by atoms with van der Waals surface area (Å²) in [4.78, 5) is 12.9. The van der Waals surface area contributed by atoms with Crippen LogP contribution in [-0.4, -0.2) is 36.7 Å². The van der Waals surface area contributed by atoms with Gasteiger partial charge >= 0.3 is 6.09 Å². The molecule has 0 aliphatic carbocycles. The van der Waals surface area contributed by atoms with Crippen LogP contribution in [0.1, 0.15) is 20.8 Å². The van der Waals surface area contributed by atoms with Crippen LogP contribution >= 0.6 is 0 Å². The van der Waals surface area contributed by atoms with Gasteiger partial charge in [-0.2, -0.15) is 0 Å². The van der Waals surface area contributed by atoms with Crippen LogP contribution in [0, 0.1) is 12.5 Å². The summed E-state index contributed by atoms with van der Waals surface area (Å²) in [5, 5.41) is 2.68. The Hall–Kier alpha value is -1.37. The second kappa shape index (κ2) is 5.38. The van der Waals surface area contributed by atoms with Crippen LogP contribution in [0.2, 0.25) is 0 Å². The Kier molecular flexibility index (Phi) is 4.85. The number of ether oxygens (including phenoxy) is 1. The van der Waals surface area contributed by atoms with Crippen molar-refractivity contribution in [1.29, 1.82) is 0 Å². The largest absolute Gasteiger partial charge is 0.444 e. The van der Waals surface area contributed by atoms with Crippen LogP contribution in [0.25, 0.3) is 0 Å². The maximum Gasteiger partial charge on any atom is 0.410 e. The van der Waals surface area contributed by atoms with Crippen molar-refractivity contribution in [3.63, 3.8) is 0 Å². The zero-order valence-corrected chi connectivity index (χ0v) is 9.26. The lowest BCUT2D eigenvalue weighted by Gasteiger charge is -2.24. The van der Waals surface area contributed by atoms with Crippen molar-refractivity contribution >= 4 is 6.09 Å². The lowest BCUT2D eigenvalue weighted by molar-refractivity contribution is 0.0302. The highest BCUT2D eigenvalue weighted by atomic mass is 16.6. The minimum Gasteiger partial charge on any atom is -0.444 e. The van der Waals surface area contributed by atoms with Gasteiger partial charge in [0.15, 0.2) is 0 Å². The molecule has 14 heavy (non-hydrogen) atoms. The number of carbonyl (C=O) groups is 1. The Morgan fingerprint density at radius 3 is 2.57 bits per heavy atom. The number of hydrogen-bond donors (Lipinski definition) is 1. The zero-order valence-electron chi connectivity index (χ0n) is 9.26. The SMILES string of the molecule is C#CNCCN(C)C(=O)OC(C)(C)C. The smallest absolute Gasteiger partial charge is 0.410 e. The number of rotatable bonds is 3. The lowest BCUT2D eigenvalue weighted by atomic mass is 10.2. The Morgan fingerprint density at radius 2 is 2.14 bits per heavy atom. The molecule has 1 N–H and O–H groups in total. The molecule has 0 bridgehead atoms. The summed E-state index contributed by atoms with van der Waals surface area (Å²) < 4.78 is 5.14. The number of nitrogens with zero attached hydrogens (tertiary/aromatic N) is 1. The molecule has 0 aromatic carbocycles. The van der Waals surface area contributed by atoms with Crippen molar-refractivity contribution in [2.24, 2.45) is 0 Å². The van der Waals surface area contributed by atoms with Crippen molar-refractivity contribution in [3.8, 4) is 12.5 Å². The Bertz CT molecular complexity index is 225. The fraction of sp³-hybridized carbons (Fsp3) is 0.700. The van der Waals surface area contributed by atoms with E-state index in [1.165, 1.54) is 4.90 Å². The average Bonchev–Trinajstić information content (AvgIpc) is 2.01. The van der Waals surface area contributed by atoms with E-state index in [9.17, 15) is 4.79 Å². The average molecular weight is 198 g/mol. The van der Waals surface area contributed by atoms with E-state index in [2.05, 4.69) is 11.4 Å². The van der Waals surface area contributed by atoms with Crippen LogP contribution in [0.4, 0.5) is 4.79 Å². The summed E-state index contributed by atoms with van der Waals surface area (Å²) in [6.07, 6.45) is 4.66. The van der Waals surface area contributed by atoms with E-state index in [4.69, 9.17) is 11.2 Å². The Labute approximate surface area is 85.6 Å². The van der Waals surface area contributed by atoms with Gasteiger partial charge in [-0.15, -0.1) is 0 Å². The molecule has 0 heterocycles. The van der Waals surface area contributed by atoms with E-state index < -0.39 is 5.60 Å². The second-order valence-corrected chi connectivity index (χ2v) is 3.97. The van der Waals surface area contributed by atoms with Crippen LogP contribution in [0.15, 0.2) is 0 Å². The van der Waals surface area contributed by atoms with Gasteiger partial charge in [0.2, 0.25) is 0 Å². The second-order valence-electron chi connectivity index (χ2n) is 3.97. The van der Waals surface area contributed by atoms with Crippen LogP contribution < -0.4 is 5.32 Å². The summed E-state index contributed by atoms with van der Waals surface area (Å²) in [6, 6.07) is 2.28. The molecule has 80 valence electrons. The highest BCUT2D eigenvalue weighted by Gasteiger charge is 2.18. The number of amides is 1. The van der Waals surface area contributed by atoms with E-state index in [1.807, 2.05) is 20.8 Å². The quantitative estimate of drug-likeness (QED) is 0.418. The molecular formula is C10H18N2O2. The number of terminal acetylenes is 1. The molecule has 0 aliphatic heterocycles. The van der Waals surface area contributed by atoms with Crippen molar-refractivity contribution in [3.05, 3.63) is 0 Å². The fourth-order valence-electron chi connectivity index (χ4n) is 0.727. The number of hydrogen-bond acceptors (Lipinski definition) is 3. The molecule has 0 saturated heterocycles. The molecule has 1 amide bonds. The minimum atomic E-state index is -0.453. The molecule has 0 rings (SSSR count). The first-order valence-electron chi connectivity index (χ1n) is 4.49. The lowest BCUT2D eigenvalue weighted by Crippen LogP contribution is -2.37. The number of nitrogens with one attached hydrogen (secondary N) is 1. The Morgan fingerprint density at radius 1 is 1.57 bits per heavy atom. The molecule has 0 aromatic heterocycles. The summed E-state index contributed by atoms with van der Waals surface area (Å²) in [5.74, 6) is 0. The molecule has 0 radical (unpaired) electrons. The van der Waals surface area contributed by atoms with Gasteiger partial charge < -0.3 is 15.0 Å². The molecule has 0 spiro atoms. The van der Waals surface area contributed by atoms with Gasteiger partial charge in [0.05, 0.1) is 0 Å². The van der Waals surface area contributed by atoms with Crippen molar-refractivity contribution in [2.45, 2.75) is 26.4 Å².